The number of H-pyrrole nitrogens is 1. The average molecular weight is 318 g/mol. The van der Waals surface area contributed by atoms with Crippen LogP contribution in [0, 0.1) is 0 Å². The van der Waals surface area contributed by atoms with Crippen molar-refractivity contribution >= 4 is 11.6 Å². The molecule has 0 unspecified atom stereocenters. The highest BCUT2D eigenvalue weighted by molar-refractivity contribution is 6.13. The van der Waals surface area contributed by atoms with Crippen LogP contribution in [0.25, 0.3) is 0 Å². The first kappa shape index (κ1) is 15.4. The average Bonchev–Trinajstić information content (AvgIpc) is 2.64. The molecule has 24 heavy (non-hydrogen) atoms. The third kappa shape index (κ3) is 3.61. The molecule has 0 aliphatic carbocycles. The van der Waals surface area contributed by atoms with E-state index in [1.165, 1.54) is 12.1 Å². The Morgan fingerprint density at radius 1 is 0.875 bits per heavy atom. The number of hydrogen-bond acceptors (Lipinski definition) is 4. The van der Waals surface area contributed by atoms with Gasteiger partial charge in [0.2, 0.25) is 0 Å². The van der Waals surface area contributed by atoms with Crippen LogP contribution in [0.2, 0.25) is 0 Å². The summed E-state index contributed by atoms with van der Waals surface area (Å²) >= 11 is 0. The number of aromatic amines is 1. The van der Waals surface area contributed by atoms with Crippen LogP contribution in [0.3, 0.4) is 0 Å². The molecule has 0 radical (unpaired) electrons. The van der Waals surface area contributed by atoms with Crippen LogP contribution >= 0.6 is 0 Å². The van der Waals surface area contributed by atoms with Crippen molar-refractivity contribution in [3.63, 3.8) is 0 Å². The van der Waals surface area contributed by atoms with Gasteiger partial charge in [0.1, 0.15) is 0 Å². The minimum absolute atomic E-state index is 0.0822. The van der Waals surface area contributed by atoms with Crippen LogP contribution in [-0.2, 0) is 0 Å². The van der Waals surface area contributed by atoms with Crippen LogP contribution in [0.4, 0.5) is 0 Å². The summed E-state index contributed by atoms with van der Waals surface area (Å²) < 4.78 is 0. The summed E-state index contributed by atoms with van der Waals surface area (Å²) in [6.45, 7) is 0. The van der Waals surface area contributed by atoms with Crippen molar-refractivity contribution in [3.05, 3.63) is 100.0 Å². The second kappa shape index (κ2) is 7.15. The predicted octanol–water partition coefficient (Wildman–Crippen LogP) is 1.95. The maximum Gasteiger partial charge on any atom is 0.291 e. The Kier molecular flexibility index (Phi) is 4.57. The van der Waals surface area contributed by atoms with Gasteiger partial charge in [-0.1, -0.05) is 60.7 Å². The number of carbonyl (C=O) groups is 1. The van der Waals surface area contributed by atoms with Crippen molar-refractivity contribution in [1.82, 2.24) is 15.6 Å². The van der Waals surface area contributed by atoms with Crippen molar-refractivity contribution < 1.29 is 4.79 Å². The molecule has 3 aromatic rings. The van der Waals surface area contributed by atoms with Crippen molar-refractivity contribution in [2.24, 2.45) is 5.10 Å². The SMILES string of the molecule is O=C(NN=C(c1ccccc1)c1ccccc1)c1ccc(=O)[nH]n1. The van der Waals surface area contributed by atoms with Crippen LogP contribution < -0.4 is 11.0 Å². The molecule has 2 aromatic carbocycles. The molecule has 1 amide bonds. The molecule has 118 valence electrons. The Morgan fingerprint density at radius 2 is 1.46 bits per heavy atom. The van der Waals surface area contributed by atoms with E-state index in [2.05, 4.69) is 20.7 Å². The van der Waals surface area contributed by atoms with E-state index in [1.807, 2.05) is 60.7 Å². The maximum absolute atomic E-state index is 12.1. The van der Waals surface area contributed by atoms with Gasteiger partial charge in [0.15, 0.2) is 5.69 Å². The van der Waals surface area contributed by atoms with Crippen LogP contribution in [-0.4, -0.2) is 21.8 Å². The zero-order chi connectivity index (χ0) is 16.8. The highest BCUT2D eigenvalue weighted by Crippen LogP contribution is 2.10. The molecule has 6 heteroatoms. The van der Waals surface area contributed by atoms with E-state index in [1.54, 1.807) is 0 Å². The predicted molar refractivity (Wildman–Crippen MR) is 90.8 cm³/mol. The summed E-state index contributed by atoms with van der Waals surface area (Å²) in [7, 11) is 0. The Morgan fingerprint density at radius 3 is 1.96 bits per heavy atom. The Balaban J connectivity index is 1.91. The molecule has 0 saturated heterocycles. The smallest absolute Gasteiger partial charge is 0.268 e. The normalized spacial score (nSPS) is 10.0. The number of nitrogens with zero attached hydrogens (tertiary/aromatic N) is 2. The van der Waals surface area contributed by atoms with Gasteiger partial charge in [-0.05, 0) is 6.07 Å². The number of nitrogens with one attached hydrogen (secondary N) is 2. The fraction of sp³-hybridized carbons (Fsp3) is 0. The molecule has 0 bridgehead atoms. The van der Waals surface area contributed by atoms with E-state index in [9.17, 15) is 9.59 Å². The van der Waals surface area contributed by atoms with Gasteiger partial charge in [-0.2, -0.15) is 10.2 Å². The Labute approximate surface area is 137 Å². The lowest BCUT2D eigenvalue weighted by Gasteiger charge is -2.07. The summed E-state index contributed by atoms with van der Waals surface area (Å²) in [5.41, 5.74) is 4.57. The molecule has 0 fully saturated rings. The van der Waals surface area contributed by atoms with E-state index >= 15 is 0 Å². The molecular weight excluding hydrogens is 304 g/mol. The third-order valence-electron chi connectivity index (χ3n) is 3.28. The van der Waals surface area contributed by atoms with Gasteiger partial charge in [0.25, 0.3) is 11.5 Å². The number of benzene rings is 2. The van der Waals surface area contributed by atoms with E-state index in [0.717, 1.165) is 11.1 Å². The van der Waals surface area contributed by atoms with Crippen molar-refractivity contribution in [2.75, 3.05) is 0 Å². The third-order valence-corrected chi connectivity index (χ3v) is 3.28. The largest absolute Gasteiger partial charge is 0.291 e. The second-order valence-electron chi connectivity index (χ2n) is 4.94. The molecule has 2 N–H and O–H groups in total. The maximum atomic E-state index is 12.1. The van der Waals surface area contributed by atoms with Crippen LogP contribution in [0.1, 0.15) is 21.6 Å². The molecule has 0 saturated carbocycles. The van der Waals surface area contributed by atoms with Crippen molar-refractivity contribution in [1.29, 1.82) is 0 Å². The Hall–Kier alpha value is -3.54. The molecule has 6 nitrogen and oxygen atoms in total. The van der Waals surface area contributed by atoms with Gasteiger partial charge >= 0.3 is 0 Å². The lowest BCUT2D eigenvalue weighted by atomic mass is 10.0. The zero-order valence-electron chi connectivity index (χ0n) is 12.6. The van der Waals surface area contributed by atoms with Gasteiger partial charge in [0, 0.05) is 17.2 Å². The van der Waals surface area contributed by atoms with Gasteiger partial charge < -0.3 is 0 Å². The highest BCUT2D eigenvalue weighted by Gasteiger charge is 2.10. The molecule has 3 rings (SSSR count). The fourth-order valence-corrected chi connectivity index (χ4v) is 2.12. The summed E-state index contributed by atoms with van der Waals surface area (Å²) in [6, 6.07) is 21.7. The minimum atomic E-state index is -0.504. The first-order valence-corrected chi connectivity index (χ1v) is 7.28. The van der Waals surface area contributed by atoms with Crippen molar-refractivity contribution in [2.45, 2.75) is 0 Å². The lowest BCUT2D eigenvalue weighted by Crippen LogP contribution is -2.23. The standard InChI is InChI=1S/C18H14N4O2/c23-16-12-11-15(19-20-16)18(24)22-21-17(13-7-3-1-4-8-13)14-9-5-2-6-10-14/h1-12H,(H,20,23)(H,22,24). The number of carbonyl (C=O) groups excluding carboxylic acids is 1. The van der Waals surface area contributed by atoms with E-state index in [-0.39, 0.29) is 11.3 Å². The van der Waals surface area contributed by atoms with E-state index in [4.69, 9.17) is 0 Å². The van der Waals surface area contributed by atoms with Crippen LogP contribution in [0.15, 0.2) is 82.7 Å². The molecule has 1 heterocycles. The zero-order valence-corrected chi connectivity index (χ0v) is 12.6. The van der Waals surface area contributed by atoms with E-state index in [0.29, 0.717) is 5.71 Å². The topological polar surface area (TPSA) is 87.2 Å². The minimum Gasteiger partial charge on any atom is -0.268 e. The van der Waals surface area contributed by atoms with E-state index < -0.39 is 5.91 Å². The first-order valence-electron chi connectivity index (χ1n) is 7.28. The fourth-order valence-electron chi connectivity index (χ4n) is 2.12. The number of rotatable bonds is 4. The summed E-state index contributed by atoms with van der Waals surface area (Å²) in [6.07, 6.45) is 0. The molecule has 0 aliphatic rings. The number of amides is 1. The monoisotopic (exact) mass is 318 g/mol. The van der Waals surface area contributed by atoms with Gasteiger partial charge in [0.05, 0.1) is 5.71 Å². The van der Waals surface area contributed by atoms with Crippen molar-refractivity contribution in [3.8, 4) is 0 Å². The Bertz CT molecular complexity index is 857. The number of hydrogen-bond donors (Lipinski definition) is 2. The number of hydrazone groups is 1. The highest BCUT2D eigenvalue weighted by atomic mass is 16.2. The molecule has 1 aromatic heterocycles. The second-order valence-corrected chi connectivity index (χ2v) is 4.94. The molecule has 0 aliphatic heterocycles. The number of aromatic nitrogens is 2. The summed E-state index contributed by atoms with van der Waals surface area (Å²) in [5, 5.41) is 10.1. The van der Waals surface area contributed by atoms with Gasteiger partial charge in [-0.25, -0.2) is 10.5 Å². The summed E-state index contributed by atoms with van der Waals surface area (Å²) in [4.78, 5) is 23.1. The lowest BCUT2D eigenvalue weighted by molar-refractivity contribution is 0.0949. The summed E-state index contributed by atoms with van der Waals surface area (Å²) in [5.74, 6) is -0.504. The van der Waals surface area contributed by atoms with Gasteiger partial charge in [-0.15, -0.1) is 0 Å². The first-order chi connectivity index (χ1) is 11.7. The molecule has 0 spiro atoms. The molecular formula is C18H14N4O2. The molecule has 0 atom stereocenters. The quantitative estimate of drug-likeness (QED) is 0.569. The van der Waals surface area contributed by atoms with Crippen LogP contribution in [0.5, 0.6) is 0 Å². The van der Waals surface area contributed by atoms with Gasteiger partial charge in [-0.3, -0.25) is 9.59 Å².